The summed E-state index contributed by atoms with van der Waals surface area (Å²) in [7, 11) is 0. The second kappa shape index (κ2) is 6.91. The molecule has 5 heteroatoms. The highest BCUT2D eigenvalue weighted by Gasteiger charge is 2.16. The fraction of sp³-hybridized carbons (Fsp3) is 0.273. The number of benzene rings is 1. The van der Waals surface area contributed by atoms with Crippen LogP contribution in [0.25, 0.3) is 27.9 Å². The summed E-state index contributed by atoms with van der Waals surface area (Å²) in [6.45, 7) is 5.41. The number of hydrogen-bond donors (Lipinski definition) is 2. The summed E-state index contributed by atoms with van der Waals surface area (Å²) >= 11 is 0. The number of aromatic amines is 1. The van der Waals surface area contributed by atoms with Crippen LogP contribution in [0.2, 0.25) is 0 Å². The van der Waals surface area contributed by atoms with Crippen molar-refractivity contribution < 1.29 is 9.90 Å². The van der Waals surface area contributed by atoms with Crippen LogP contribution < -0.4 is 0 Å². The zero-order chi connectivity index (χ0) is 19.0. The number of fused-ring (bicyclic) bond motifs is 1. The zero-order valence-electron chi connectivity index (χ0n) is 15.6. The van der Waals surface area contributed by atoms with Gasteiger partial charge in [0.1, 0.15) is 0 Å². The quantitative estimate of drug-likeness (QED) is 0.732. The molecule has 0 fully saturated rings. The summed E-state index contributed by atoms with van der Waals surface area (Å²) in [6.07, 6.45) is 3.61. The minimum Gasteiger partial charge on any atom is -0.495 e. The van der Waals surface area contributed by atoms with Gasteiger partial charge in [0.05, 0.1) is 16.7 Å². The number of aryl methyl sites for hydroxylation is 1. The van der Waals surface area contributed by atoms with Crippen LogP contribution in [-0.4, -0.2) is 39.0 Å². The summed E-state index contributed by atoms with van der Waals surface area (Å²) in [6, 6.07) is 12.1. The highest BCUT2D eigenvalue weighted by Crippen LogP contribution is 2.29. The average molecular weight is 361 g/mol. The van der Waals surface area contributed by atoms with Crippen molar-refractivity contribution in [3.05, 3.63) is 53.6 Å². The van der Waals surface area contributed by atoms with Gasteiger partial charge in [-0.25, -0.2) is 4.98 Å². The minimum atomic E-state index is 0.129. The Morgan fingerprint density at radius 3 is 2.63 bits per heavy atom. The summed E-state index contributed by atoms with van der Waals surface area (Å²) in [5, 5.41) is 9.63. The summed E-state index contributed by atoms with van der Waals surface area (Å²) in [4.78, 5) is 21.3. The molecule has 2 N–H and O–H groups in total. The number of hydrogen-bond acceptors (Lipinski definition) is 3. The lowest BCUT2D eigenvalue weighted by molar-refractivity contribution is -0.130. The third-order valence-electron chi connectivity index (χ3n) is 5.17. The maximum absolute atomic E-state index is 11.8. The number of H-pyrrole nitrogens is 1. The van der Waals surface area contributed by atoms with Crippen molar-refractivity contribution in [2.75, 3.05) is 13.1 Å². The van der Waals surface area contributed by atoms with E-state index < -0.39 is 0 Å². The highest BCUT2D eigenvalue weighted by molar-refractivity contribution is 5.83. The van der Waals surface area contributed by atoms with Crippen molar-refractivity contribution in [3.63, 3.8) is 0 Å². The monoisotopic (exact) mass is 361 g/mol. The van der Waals surface area contributed by atoms with E-state index in [0.717, 1.165) is 40.8 Å². The Morgan fingerprint density at radius 2 is 1.96 bits per heavy atom. The maximum Gasteiger partial charge on any atom is 0.222 e. The van der Waals surface area contributed by atoms with E-state index in [0.29, 0.717) is 13.0 Å². The highest BCUT2D eigenvalue weighted by atomic mass is 16.3. The van der Waals surface area contributed by atoms with Crippen LogP contribution in [0.15, 0.2) is 42.5 Å². The molecule has 2 aromatic heterocycles. The van der Waals surface area contributed by atoms with Crippen LogP contribution in [0.3, 0.4) is 0 Å². The molecule has 0 radical (unpaired) electrons. The molecule has 0 saturated heterocycles. The Balaban J connectivity index is 1.59. The first-order valence-corrected chi connectivity index (χ1v) is 9.32. The van der Waals surface area contributed by atoms with Gasteiger partial charge < -0.3 is 15.0 Å². The summed E-state index contributed by atoms with van der Waals surface area (Å²) in [5.41, 5.74) is 7.11. The van der Waals surface area contributed by atoms with E-state index in [-0.39, 0.29) is 11.8 Å². The van der Waals surface area contributed by atoms with Crippen molar-refractivity contribution in [2.24, 2.45) is 0 Å². The first-order chi connectivity index (χ1) is 13.0. The van der Waals surface area contributed by atoms with Crippen LogP contribution in [0.4, 0.5) is 0 Å². The van der Waals surface area contributed by atoms with Crippen molar-refractivity contribution in [2.45, 2.75) is 26.7 Å². The molecule has 4 rings (SSSR count). The van der Waals surface area contributed by atoms with E-state index in [9.17, 15) is 9.90 Å². The van der Waals surface area contributed by atoms with Gasteiger partial charge >= 0.3 is 0 Å². The fourth-order valence-corrected chi connectivity index (χ4v) is 3.66. The number of nitrogens with zero attached hydrogens (tertiary/aromatic N) is 2. The molecule has 0 unspecified atom stereocenters. The first kappa shape index (κ1) is 17.3. The van der Waals surface area contributed by atoms with Gasteiger partial charge in [0.2, 0.25) is 5.91 Å². The van der Waals surface area contributed by atoms with Crippen LogP contribution in [0.5, 0.6) is 5.88 Å². The van der Waals surface area contributed by atoms with Gasteiger partial charge in [-0.3, -0.25) is 4.79 Å². The van der Waals surface area contributed by atoms with Gasteiger partial charge in [0.25, 0.3) is 0 Å². The van der Waals surface area contributed by atoms with E-state index in [1.807, 2.05) is 24.8 Å². The molecular formula is C22H23N3O2. The Morgan fingerprint density at radius 1 is 1.22 bits per heavy atom. The van der Waals surface area contributed by atoms with Gasteiger partial charge in [0.15, 0.2) is 5.88 Å². The summed E-state index contributed by atoms with van der Waals surface area (Å²) in [5.74, 6) is 0.345. The third kappa shape index (κ3) is 3.33. The number of carbonyl (C=O) groups is 1. The normalized spacial score (nSPS) is 14.4. The second-order valence-corrected chi connectivity index (χ2v) is 6.99. The molecule has 0 spiro atoms. The number of amides is 1. The number of rotatable bonds is 3. The van der Waals surface area contributed by atoms with Crippen LogP contribution >= 0.6 is 0 Å². The fourth-order valence-electron chi connectivity index (χ4n) is 3.66. The van der Waals surface area contributed by atoms with Crippen molar-refractivity contribution in [1.82, 2.24) is 14.9 Å². The molecule has 0 atom stereocenters. The van der Waals surface area contributed by atoms with E-state index in [4.69, 9.17) is 4.98 Å². The Kier molecular flexibility index (Phi) is 4.44. The topological polar surface area (TPSA) is 69.2 Å². The van der Waals surface area contributed by atoms with E-state index in [1.165, 1.54) is 11.1 Å². The lowest BCUT2D eigenvalue weighted by Crippen LogP contribution is -2.34. The van der Waals surface area contributed by atoms with Crippen molar-refractivity contribution >= 4 is 22.5 Å². The number of pyridine rings is 1. The summed E-state index contributed by atoms with van der Waals surface area (Å²) < 4.78 is 0. The van der Waals surface area contributed by atoms with Crippen LogP contribution in [0.1, 0.15) is 30.9 Å². The molecule has 27 heavy (non-hydrogen) atoms. The Bertz CT molecular complexity index is 1030. The number of carbonyl (C=O) groups excluding carboxylic acids is 1. The van der Waals surface area contributed by atoms with Crippen molar-refractivity contribution in [3.8, 4) is 17.1 Å². The molecule has 3 heterocycles. The Hall–Kier alpha value is -3.08. The van der Waals surface area contributed by atoms with Gasteiger partial charge in [-0.05, 0) is 36.1 Å². The standard InChI is InChI=1S/C22H23N3O2/c1-3-21(27)25-10-8-16(9-11-25)15-4-6-17(7-5-15)22-14(2)12-18-19(24-22)13-20(26)23-18/h4-8,12-13,23,26H,3,9-11H2,1-2H3. The molecule has 0 aliphatic carbocycles. The lowest BCUT2D eigenvalue weighted by atomic mass is 9.97. The maximum atomic E-state index is 11.8. The molecule has 0 saturated carbocycles. The van der Waals surface area contributed by atoms with Gasteiger partial charge in [-0.1, -0.05) is 37.3 Å². The predicted octanol–water partition coefficient (Wildman–Crippen LogP) is 4.27. The number of aromatic hydroxyl groups is 1. The Labute approximate surface area is 158 Å². The lowest BCUT2D eigenvalue weighted by Gasteiger charge is -2.26. The molecule has 1 aliphatic heterocycles. The molecule has 0 bridgehead atoms. The van der Waals surface area contributed by atoms with E-state index in [2.05, 4.69) is 35.3 Å². The smallest absolute Gasteiger partial charge is 0.222 e. The van der Waals surface area contributed by atoms with Gasteiger partial charge in [-0.2, -0.15) is 0 Å². The van der Waals surface area contributed by atoms with Crippen LogP contribution in [-0.2, 0) is 4.79 Å². The third-order valence-corrected chi connectivity index (χ3v) is 5.17. The second-order valence-electron chi connectivity index (χ2n) is 6.99. The van der Waals surface area contributed by atoms with Gasteiger partial charge in [-0.15, -0.1) is 0 Å². The predicted molar refractivity (Wildman–Crippen MR) is 107 cm³/mol. The molecule has 138 valence electrons. The largest absolute Gasteiger partial charge is 0.495 e. The minimum absolute atomic E-state index is 0.129. The van der Waals surface area contributed by atoms with Crippen molar-refractivity contribution in [1.29, 1.82) is 0 Å². The molecule has 1 amide bonds. The molecule has 3 aromatic rings. The van der Waals surface area contributed by atoms with E-state index >= 15 is 0 Å². The molecule has 5 nitrogen and oxygen atoms in total. The number of aromatic nitrogens is 2. The van der Waals surface area contributed by atoms with Gasteiger partial charge in [0, 0.05) is 31.1 Å². The average Bonchev–Trinajstić information content (AvgIpc) is 3.06. The van der Waals surface area contributed by atoms with Crippen LogP contribution in [0, 0.1) is 6.92 Å². The number of nitrogens with one attached hydrogen (secondary N) is 1. The molecule has 1 aromatic carbocycles. The SMILES string of the molecule is CCC(=O)N1CC=C(c2ccc(-c3nc4cc(O)[nH]c4cc3C)cc2)CC1. The van der Waals surface area contributed by atoms with E-state index in [1.54, 1.807) is 6.07 Å². The molecular weight excluding hydrogens is 338 g/mol. The zero-order valence-corrected chi connectivity index (χ0v) is 15.6. The molecule has 1 aliphatic rings. The first-order valence-electron chi connectivity index (χ1n) is 9.32.